The molecule has 0 atom stereocenters. The number of morpholine rings is 1. The molecule has 1 aromatic heterocycles. The van der Waals surface area contributed by atoms with Crippen molar-refractivity contribution in [2.45, 2.75) is 10.1 Å². The lowest BCUT2D eigenvalue weighted by molar-refractivity contribution is -0.113. The molecule has 1 aliphatic rings. The number of thioether (sulfide) groups is 1. The topological polar surface area (TPSA) is 126 Å². The van der Waals surface area contributed by atoms with Gasteiger partial charge in [-0.2, -0.15) is 4.31 Å². The van der Waals surface area contributed by atoms with Gasteiger partial charge >= 0.3 is 5.69 Å². The van der Waals surface area contributed by atoms with E-state index < -0.39 is 10.0 Å². The number of H-pyrrole nitrogens is 1. The number of rotatable bonds is 6. The molecule has 0 aliphatic carbocycles. The molecule has 2 N–H and O–H groups in total. The fourth-order valence-electron chi connectivity index (χ4n) is 2.46. The predicted octanol–water partition coefficient (Wildman–Crippen LogP) is -0.140. The zero-order valence-corrected chi connectivity index (χ0v) is 16.2. The number of carbonyl (C=O) groups excluding carboxylic acids is 1. The van der Waals surface area contributed by atoms with Gasteiger partial charge in [0.25, 0.3) is 0 Å². The SMILES string of the molecule is Cn1c(SCC(=O)Nc2cccc(S(=O)(=O)N3CCOCC3)c2)n[nH]c1=O. The highest BCUT2D eigenvalue weighted by Gasteiger charge is 2.26. The smallest absolute Gasteiger partial charge is 0.343 e. The monoisotopic (exact) mass is 413 g/mol. The third kappa shape index (κ3) is 4.58. The molecule has 2 aromatic rings. The Hall–Kier alpha value is -2.15. The molecule has 10 nitrogen and oxygen atoms in total. The Morgan fingerprint density at radius 2 is 2.11 bits per heavy atom. The van der Waals surface area contributed by atoms with Crippen molar-refractivity contribution in [2.75, 3.05) is 37.4 Å². The zero-order valence-electron chi connectivity index (χ0n) is 14.5. The predicted molar refractivity (Wildman–Crippen MR) is 99.2 cm³/mol. The summed E-state index contributed by atoms with van der Waals surface area (Å²) in [5, 5.41) is 9.14. The fourth-order valence-corrected chi connectivity index (χ4v) is 4.63. The Labute approximate surface area is 159 Å². The number of aromatic amines is 1. The number of hydrogen-bond acceptors (Lipinski definition) is 7. The molecule has 0 radical (unpaired) electrons. The first-order valence-electron chi connectivity index (χ1n) is 8.10. The molecule has 27 heavy (non-hydrogen) atoms. The summed E-state index contributed by atoms with van der Waals surface area (Å²) in [5.41, 5.74) is 0.0183. The van der Waals surface area contributed by atoms with E-state index in [0.717, 1.165) is 11.8 Å². The highest BCUT2D eigenvalue weighted by molar-refractivity contribution is 7.99. The van der Waals surface area contributed by atoms with Crippen LogP contribution < -0.4 is 11.0 Å². The number of amides is 1. The van der Waals surface area contributed by atoms with Crippen molar-refractivity contribution < 1.29 is 17.9 Å². The van der Waals surface area contributed by atoms with Crippen LogP contribution in [0.3, 0.4) is 0 Å². The van der Waals surface area contributed by atoms with Crippen LogP contribution in [0.4, 0.5) is 5.69 Å². The van der Waals surface area contributed by atoms with E-state index in [-0.39, 0.29) is 22.2 Å². The van der Waals surface area contributed by atoms with E-state index in [1.165, 1.54) is 21.0 Å². The fraction of sp³-hybridized carbons (Fsp3) is 0.400. The van der Waals surface area contributed by atoms with Gasteiger partial charge in [0.05, 0.1) is 23.9 Å². The lowest BCUT2D eigenvalue weighted by Crippen LogP contribution is -2.40. The summed E-state index contributed by atoms with van der Waals surface area (Å²) in [7, 11) is -2.09. The summed E-state index contributed by atoms with van der Waals surface area (Å²) in [6, 6.07) is 6.12. The van der Waals surface area contributed by atoms with Crippen LogP contribution >= 0.6 is 11.8 Å². The molecular formula is C15H19N5O5S2. The summed E-state index contributed by atoms with van der Waals surface area (Å²) < 4.78 is 33.2. The van der Waals surface area contributed by atoms with Crippen LogP contribution in [0.1, 0.15) is 0 Å². The van der Waals surface area contributed by atoms with Crippen LogP contribution in [0.15, 0.2) is 39.1 Å². The van der Waals surface area contributed by atoms with E-state index in [2.05, 4.69) is 15.5 Å². The highest BCUT2D eigenvalue weighted by atomic mass is 32.2. The Kier molecular flexibility index (Phi) is 5.99. The number of nitrogens with zero attached hydrogens (tertiary/aromatic N) is 3. The van der Waals surface area contributed by atoms with Crippen LogP contribution in [-0.4, -0.2) is 65.5 Å². The summed E-state index contributed by atoms with van der Waals surface area (Å²) in [5.74, 6) is -0.310. The molecule has 1 aromatic carbocycles. The molecule has 1 amide bonds. The Morgan fingerprint density at radius 3 is 2.78 bits per heavy atom. The quantitative estimate of drug-likeness (QED) is 0.631. The van der Waals surface area contributed by atoms with E-state index in [1.54, 1.807) is 19.2 Å². The van der Waals surface area contributed by atoms with E-state index in [9.17, 15) is 18.0 Å². The third-order valence-electron chi connectivity index (χ3n) is 3.90. The van der Waals surface area contributed by atoms with Gasteiger partial charge in [0.2, 0.25) is 15.9 Å². The van der Waals surface area contributed by atoms with E-state index in [0.29, 0.717) is 37.1 Å². The molecule has 3 rings (SSSR count). The van der Waals surface area contributed by atoms with Crippen molar-refractivity contribution in [3.8, 4) is 0 Å². The first-order valence-corrected chi connectivity index (χ1v) is 10.5. The molecule has 0 spiro atoms. The third-order valence-corrected chi connectivity index (χ3v) is 6.82. The number of hydrogen-bond donors (Lipinski definition) is 2. The second-order valence-electron chi connectivity index (χ2n) is 5.75. The molecule has 12 heteroatoms. The van der Waals surface area contributed by atoms with Gasteiger partial charge in [0, 0.05) is 25.8 Å². The van der Waals surface area contributed by atoms with Gasteiger partial charge in [-0.1, -0.05) is 17.8 Å². The molecule has 0 bridgehead atoms. The Balaban J connectivity index is 1.65. The number of aromatic nitrogens is 3. The number of carbonyl (C=O) groups is 1. The molecule has 0 saturated carbocycles. The molecule has 1 saturated heterocycles. The van der Waals surface area contributed by atoms with Crippen molar-refractivity contribution in [3.63, 3.8) is 0 Å². The van der Waals surface area contributed by atoms with Crippen molar-refractivity contribution in [1.29, 1.82) is 0 Å². The molecule has 1 fully saturated rings. The largest absolute Gasteiger partial charge is 0.379 e. The second-order valence-corrected chi connectivity index (χ2v) is 8.63. The normalized spacial score (nSPS) is 15.6. The van der Waals surface area contributed by atoms with Crippen LogP contribution in [0, 0.1) is 0 Å². The highest BCUT2D eigenvalue weighted by Crippen LogP contribution is 2.21. The maximum atomic E-state index is 12.7. The lowest BCUT2D eigenvalue weighted by Gasteiger charge is -2.26. The zero-order chi connectivity index (χ0) is 19.4. The van der Waals surface area contributed by atoms with Crippen molar-refractivity contribution in [1.82, 2.24) is 19.1 Å². The average molecular weight is 413 g/mol. The van der Waals surface area contributed by atoms with E-state index in [4.69, 9.17) is 4.74 Å². The van der Waals surface area contributed by atoms with Crippen molar-refractivity contribution >= 4 is 33.4 Å². The number of anilines is 1. The van der Waals surface area contributed by atoms with Gasteiger partial charge in [-0.15, -0.1) is 5.10 Å². The molecule has 146 valence electrons. The molecule has 0 unspecified atom stereocenters. The summed E-state index contributed by atoms with van der Waals surface area (Å²) in [6.07, 6.45) is 0. The van der Waals surface area contributed by atoms with Crippen LogP contribution in [0.2, 0.25) is 0 Å². The molecule has 1 aliphatic heterocycles. The number of benzene rings is 1. The van der Waals surface area contributed by atoms with Gasteiger partial charge < -0.3 is 10.1 Å². The van der Waals surface area contributed by atoms with E-state index >= 15 is 0 Å². The second kappa shape index (κ2) is 8.25. The van der Waals surface area contributed by atoms with Gasteiger partial charge in [0.15, 0.2) is 5.16 Å². The number of nitrogens with one attached hydrogen (secondary N) is 2. The molecule has 2 heterocycles. The van der Waals surface area contributed by atoms with Gasteiger partial charge in [0.1, 0.15) is 0 Å². The minimum absolute atomic E-state index is 0.0264. The van der Waals surface area contributed by atoms with Crippen LogP contribution in [-0.2, 0) is 26.6 Å². The number of sulfonamides is 1. The lowest BCUT2D eigenvalue weighted by atomic mass is 10.3. The first kappa shape index (κ1) is 19.6. The summed E-state index contributed by atoms with van der Waals surface area (Å²) in [4.78, 5) is 23.5. The maximum absolute atomic E-state index is 12.7. The minimum Gasteiger partial charge on any atom is -0.379 e. The molecular weight excluding hydrogens is 394 g/mol. The van der Waals surface area contributed by atoms with Gasteiger partial charge in [-0.3, -0.25) is 9.36 Å². The first-order chi connectivity index (χ1) is 12.9. The Morgan fingerprint density at radius 1 is 1.37 bits per heavy atom. The minimum atomic E-state index is -3.63. The standard InChI is InChI=1S/C15H19N5O5S2/c1-19-14(22)17-18-15(19)26-10-13(21)16-11-3-2-4-12(9-11)27(23,24)20-5-7-25-8-6-20/h2-4,9H,5-8,10H2,1H3,(H,16,21)(H,17,22). The number of ether oxygens (including phenoxy) is 1. The van der Waals surface area contributed by atoms with Gasteiger partial charge in [-0.05, 0) is 18.2 Å². The average Bonchev–Trinajstić information content (AvgIpc) is 2.99. The summed E-state index contributed by atoms with van der Waals surface area (Å²) >= 11 is 1.10. The van der Waals surface area contributed by atoms with Crippen LogP contribution in [0.25, 0.3) is 0 Å². The van der Waals surface area contributed by atoms with Crippen LogP contribution in [0.5, 0.6) is 0 Å². The summed E-state index contributed by atoms with van der Waals surface area (Å²) in [6.45, 7) is 1.33. The van der Waals surface area contributed by atoms with Gasteiger partial charge in [-0.25, -0.2) is 18.3 Å². The van der Waals surface area contributed by atoms with E-state index in [1.807, 2.05) is 0 Å². The van der Waals surface area contributed by atoms with Crippen molar-refractivity contribution in [2.24, 2.45) is 7.05 Å². The Bertz CT molecular complexity index is 978. The maximum Gasteiger partial charge on any atom is 0.343 e. The van der Waals surface area contributed by atoms with Crippen molar-refractivity contribution in [3.05, 3.63) is 34.7 Å².